The Morgan fingerprint density at radius 2 is 2.00 bits per heavy atom. The molecule has 0 atom stereocenters. The van der Waals surface area contributed by atoms with Crippen LogP contribution in [0, 0.1) is 6.92 Å². The van der Waals surface area contributed by atoms with Crippen molar-refractivity contribution in [2.24, 2.45) is 0 Å². The maximum Gasteiger partial charge on any atom is 0.137 e. The number of hydrogen-bond acceptors (Lipinski definition) is 3. The first kappa shape index (κ1) is 14.0. The molecular weight excluding hydrogens is 310 g/mol. The Labute approximate surface area is 138 Å². The molecule has 1 N–H and O–H groups in total. The number of benzene rings is 1. The molecule has 0 saturated heterocycles. The molecule has 0 aliphatic rings. The van der Waals surface area contributed by atoms with Gasteiger partial charge in [-0.25, -0.2) is 4.98 Å². The molecule has 0 saturated carbocycles. The number of halogens is 1. The maximum absolute atomic E-state index is 5.93. The minimum absolute atomic E-state index is 0.467. The Morgan fingerprint density at radius 1 is 1.13 bits per heavy atom. The van der Waals surface area contributed by atoms with Gasteiger partial charge in [-0.2, -0.15) is 0 Å². The monoisotopic (exact) mass is 323 g/mol. The lowest BCUT2D eigenvalue weighted by atomic mass is 10.1. The van der Waals surface area contributed by atoms with Crippen molar-refractivity contribution >= 4 is 33.4 Å². The van der Waals surface area contributed by atoms with E-state index >= 15 is 0 Å². The molecular formula is C18H14ClN3O. The van der Waals surface area contributed by atoms with Crippen LogP contribution in [0.1, 0.15) is 5.69 Å². The number of nitrogens with zero attached hydrogens (tertiary/aromatic N) is 2. The van der Waals surface area contributed by atoms with Crippen LogP contribution in [0.25, 0.3) is 33.1 Å². The zero-order valence-corrected chi connectivity index (χ0v) is 13.5. The standard InChI is InChI=1S/C18H14ClN3O/c1-10-7-13-14(21-10)5-4-12(18(13)23-2)15-8-11-3-6-17(19)22-16(11)9-20-15/h3-9,21H,1-2H3. The largest absolute Gasteiger partial charge is 0.495 e. The Bertz CT molecular complexity index is 1040. The Balaban J connectivity index is 1.96. The van der Waals surface area contributed by atoms with Gasteiger partial charge in [0.25, 0.3) is 0 Å². The Kier molecular flexibility index (Phi) is 3.20. The average molecular weight is 324 g/mol. The van der Waals surface area contributed by atoms with Crippen molar-refractivity contribution in [1.29, 1.82) is 0 Å². The van der Waals surface area contributed by atoms with Gasteiger partial charge in [-0.1, -0.05) is 11.6 Å². The number of H-pyrrole nitrogens is 1. The van der Waals surface area contributed by atoms with E-state index in [1.165, 1.54) is 0 Å². The summed E-state index contributed by atoms with van der Waals surface area (Å²) in [6.07, 6.45) is 1.74. The lowest BCUT2D eigenvalue weighted by Crippen LogP contribution is -1.92. The van der Waals surface area contributed by atoms with E-state index in [4.69, 9.17) is 16.3 Å². The van der Waals surface area contributed by atoms with Crippen LogP contribution in [0.5, 0.6) is 5.75 Å². The van der Waals surface area contributed by atoms with Gasteiger partial charge in [0.15, 0.2) is 0 Å². The zero-order valence-electron chi connectivity index (χ0n) is 12.7. The van der Waals surface area contributed by atoms with Gasteiger partial charge in [-0.15, -0.1) is 0 Å². The van der Waals surface area contributed by atoms with E-state index in [1.807, 2.05) is 31.2 Å². The van der Waals surface area contributed by atoms with E-state index in [9.17, 15) is 0 Å². The first-order valence-electron chi connectivity index (χ1n) is 7.25. The van der Waals surface area contributed by atoms with Crippen LogP contribution in [-0.2, 0) is 0 Å². The molecule has 0 unspecified atom stereocenters. The summed E-state index contributed by atoms with van der Waals surface area (Å²) in [6, 6.07) is 11.9. The normalized spacial score (nSPS) is 11.3. The molecule has 0 aliphatic carbocycles. The van der Waals surface area contributed by atoms with Crippen molar-refractivity contribution < 1.29 is 4.74 Å². The van der Waals surface area contributed by atoms with Crippen LogP contribution >= 0.6 is 11.6 Å². The van der Waals surface area contributed by atoms with E-state index in [-0.39, 0.29) is 0 Å². The summed E-state index contributed by atoms with van der Waals surface area (Å²) in [4.78, 5) is 12.1. The second-order valence-corrected chi connectivity index (χ2v) is 5.84. The van der Waals surface area contributed by atoms with Crippen molar-refractivity contribution in [1.82, 2.24) is 15.0 Å². The molecule has 4 nitrogen and oxygen atoms in total. The number of aryl methyl sites for hydroxylation is 1. The van der Waals surface area contributed by atoms with E-state index in [1.54, 1.807) is 19.4 Å². The Hall–Kier alpha value is -2.59. The third-order valence-corrected chi connectivity index (χ3v) is 4.12. The number of nitrogens with one attached hydrogen (secondary N) is 1. The smallest absolute Gasteiger partial charge is 0.137 e. The molecule has 4 rings (SSSR count). The van der Waals surface area contributed by atoms with Gasteiger partial charge in [0.2, 0.25) is 0 Å². The molecule has 3 heterocycles. The zero-order chi connectivity index (χ0) is 16.0. The molecule has 0 amide bonds. The molecule has 0 fully saturated rings. The SMILES string of the molecule is COc1c(-c2cc3ccc(Cl)nc3cn2)ccc2[nH]c(C)cc12. The molecule has 5 heteroatoms. The number of aromatic amines is 1. The number of rotatable bonds is 2. The summed E-state index contributed by atoms with van der Waals surface area (Å²) < 4.78 is 5.66. The number of aromatic nitrogens is 3. The molecule has 4 aromatic rings. The third kappa shape index (κ3) is 2.32. The summed E-state index contributed by atoms with van der Waals surface area (Å²) in [7, 11) is 1.68. The van der Waals surface area contributed by atoms with Crippen LogP contribution in [0.4, 0.5) is 0 Å². The molecule has 114 valence electrons. The first-order chi connectivity index (χ1) is 11.2. The highest BCUT2D eigenvalue weighted by Gasteiger charge is 2.13. The first-order valence-corrected chi connectivity index (χ1v) is 7.62. The van der Waals surface area contributed by atoms with Crippen LogP contribution in [0.2, 0.25) is 5.15 Å². The molecule has 3 aromatic heterocycles. The summed E-state index contributed by atoms with van der Waals surface area (Å²) in [6.45, 7) is 2.03. The fourth-order valence-electron chi connectivity index (χ4n) is 2.89. The lowest BCUT2D eigenvalue weighted by molar-refractivity contribution is 0.421. The number of fused-ring (bicyclic) bond motifs is 2. The van der Waals surface area contributed by atoms with Crippen molar-refractivity contribution in [3.05, 3.63) is 53.4 Å². The van der Waals surface area contributed by atoms with Gasteiger partial charge in [-0.3, -0.25) is 4.98 Å². The second kappa shape index (κ2) is 5.25. The number of methoxy groups -OCH3 is 1. The number of ether oxygens (including phenoxy) is 1. The van der Waals surface area contributed by atoms with E-state index in [0.717, 1.165) is 44.5 Å². The topological polar surface area (TPSA) is 50.8 Å². The lowest BCUT2D eigenvalue weighted by Gasteiger charge is -2.10. The quantitative estimate of drug-likeness (QED) is 0.542. The minimum Gasteiger partial charge on any atom is -0.495 e. The summed E-state index contributed by atoms with van der Waals surface area (Å²) in [5.74, 6) is 0.820. The second-order valence-electron chi connectivity index (χ2n) is 5.46. The van der Waals surface area contributed by atoms with Crippen LogP contribution < -0.4 is 4.74 Å². The van der Waals surface area contributed by atoms with Crippen molar-refractivity contribution in [2.75, 3.05) is 7.11 Å². The molecule has 0 radical (unpaired) electrons. The van der Waals surface area contributed by atoms with Crippen LogP contribution in [0.15, 0.2) is 42.6 Å². The highest BCUT2D eigenvalue weighted by molar-refractivity contribution is 6.29. The van der Waals surface area contributed by atoms with Gasteiger partial charge < -0.3 is 9.72 Å². The van der Waals surface area contributed by atoms with Gasteiger partial charge in [0, 0.05) is 27.5 Å². The molecule has 0 bridgehead atoms. The third-order valence-electron chi connectivity index (χ3n) is 3.91. The molecule has 0 aliphatic heterocycles. The van der Waals surface area contributed by atoms with Gasteiger partial charge in [0.1, 0.15) is 10.9 Å². The van der Waals surface area contributed by atoms with Crippen LogP contribution in [0.3, 0.4) is 0 Å². The maximum atomic E-state index is 5.93. The fourth-order valence-corrected chi connectivity index (χ4v) is 3.04. The Morgan fingerprint density at radius 3 is 2.83 bits per heavy atom. The van der Waals surface area contributed by atoms with Gasteiger partial charge >= 0.3 is 0 Å². The number of pyridine rings is 2. The van der Waals surface area contributed by atoms with Crippen molar-refractivity contribution in [2.45, 2.75) is 6.92 Å². The summed E-state index contributed by atoms with van der Waals surface area (Å²) in [5, 5.41) is 2.51. The predicted octanol–water partition coefficient (Wildman–Crippen LogP) is 4.75. The van der Waals surface area contributed by atoms with E-state index < -0.39 is 0 Å². The van der Waals surface area contributed by atoms with Gasteiger partial charge in [-0.05, 0) is 43.3 Å². The van der Waals surface area contributed by atoms with E-state index in [0.29, 0.717) is 5.15 Å². The van der Waals surface area contributed by atoms with E-state index in [2.05, 4.69) is 21.0 Å². The average Bonchev–Trinajstić information content (AvgIpc) is 2.93. The minimum atomic E-state index is 0.467. The fraction of sp³-hybridized carbons (Fsp3) is 0.111. The van der Waals surface area contributed by atoms with Crippen molar-refractivity contribution in [3.8, 4) is 17.0 Å². The molecule has 23 heavy (non-hydrogen) atoms. The predicted molar refractivity (Wildman–Crippen MR) is 93.1 cm³/mol. The van der Waals surface area contributed by atoms with Crippen molar-refractivity contribution in [3.63, 3.8) is 0 Å². The highest BCUT2D eigenvalue weighted by Crippen LogP contribution is 2.36. The van der Waals surface area contributed by atoms with Gasteiger partial charge in [0.05, 0.1) is 24.5 Å². The highest BCUT2D eigenvalue weighted by atomic mass is 35.5. The summed E-state index contributed by atoms with van der Waals surface area (Å²) >= 11 is 5.93. The number of hydrogen-bond donors (Lipinski definition) is 1. The molecule has 0 spiro atoms. The molecule has 1 aromatic carbocycles. The van der Waals surface area contributed by atoms with Crippen LogP contribution in [-0.4, -0.2) is 22.1 Å². The summed E-state index contributed by atoms with van der Waals surface area (Å²) in [5.41, 5.74) is 4.73.